The van der Waals surface area contributed by atoms with Crippen LogP contribution in [-0.2, 0) is 4.79 Å². The highest BCUT2D eigenvalue weighted by atomic mass is 16.2. The molecule has 0 atom stereocenters. The van der Waals surface area contributed by atoms with Crippen LogP contribution in [0.3, 0.4) is 0 Å². The molecule has 1 amide bonds. The zero-order valence-electron chi connectivity index (χ0n) is 12.0. The lowest BCUT2D eigenvalue weighted by Gasteiger charge is -2.23. The van der Waals surface area contributed by atoms with Gasteiger partial charge >= 0.3 is 0 Å². The van der Waals surface area contributed by atoms with E-state index >= 15 is 0 Å². The molecule has 0 unspecified atom stereocenters. The number of likely N-dealkylation sites (N-methyl/N-ethyl adjacent to an activating group) is 1. The molecule has 0 saturated carbocycles. The van der Waals surface area contributed by atoms with E-state index in [1.807, 2.05) is 11.8 Å². The van der Waals surface area contributed by atoms with E-state index in [4.69, 9.17) is 6.42 Å². The number of carbonyl (C=O) groups is 1. The highest BCUT2D eigenvalue weighted by Gasteiger charge is 2.10. The fourth-order valence-corrected chi connectivity index (χ4v) is 1.84. The smallest absolute Gasteiger partial charge is 0.236 e. The van der Waals surface area contributed by atoms with Crippen LogP contribution in [0, 0.1) is 12.3 Å². The molecule has 0 bridgehead atoms. The monoisotopic (exact) mass is 253 g/mol. The minimum Gasteiger partial charge on any atom is -0.342 e. The zero-order chi connectivity index (χ0) is 13.8. The van der Waals surface area contributed by atoms with Gasteiger partial charge in [-0.2, -0.15) is 0 Å². The molecular formula is C14H27N3O. The molecule has 0 heterocycles. The van der Waals surface area contributed by atoms with Crippen molar-refractivity contribution >= 4 is 5.91 Å². The maximum absolute atomic E-state index is 11.8. The molecule has 0 radical (unpaired) electrons. The first-order chi connectivity index (χ1) is 8.69. The Morgan fingerprint density at radius 2 is 1.83 bits per heavy atom. The summed E-state index contributed by atoms with van der Waals surface area (Å²) in [6.07, 6.45) is 6.15. The highest BCUT2D eigenvalue weighted by Crippen LogP contribution is 1.96. The van der Waals surface area contributed by atoms with E-state index in [2.05, 4.69) is 30.0 Å². The van der Waals surface area contributed by atoms with Crippen molar-refractivity contribution in [1.29, 1.82) is 0 Å². The van der Waals surface area contributed by atoms with Crippen LogP contribution >= 0.6 is 0 Å². The summed E-state index contributed by atoms with van der Waals surface area (Å²) in [5.74, 6) is 2.60. The van der Waals surface area contributed by atoms with E-state index in [-0.39, 0.29) is 5.91 Å². The van der Waals surface area contributed by atoms with Gasteiger partial charge in [0.15, 0.2) is 0 Å². The summed E-state index contributed by atoms with van der Waals surface area (Å²) in [6, 6.07) is 0. The third-order valence-corrected chi connectivity index (χ3v) is 3.03. The first kappa shape index (κ1) is 16.9. The normalized spacial score (nSPS) is 10.4. The molecule has 0 aliphatic heterocycles. The first-order valence-electron chi connectivity index (χ1n) is 6.83. The lowest BCUT2D eigenvalue weighted by Crippen LogP contribution is -2.39. The molecule has 4 heteroatoms. The topological polar surface area (TPSA) is 35.6 Å². The summed E-state index contributed by atoms with van der Waals surface area (Å²) in [5.41, 5.74) is 0. The molecule has 104 valence electrons. The highest BCUT2D eigenvalue weighted by molar-refractivity contribution is 5.78. The number of amides is 1. The minimum atomic E-state index is 0.132. The van der Waals surface area contributed by atoms with Crippen molar-refractivity contribution in [3.05, 3.63) is 0 Å². The van der Waals surface area contributed by atoms with Gasteiger partial charge in [-0.1, -0.05) is 19.8 Å². The Bertz CT molecular complexity index is 256. The van der Waals surface area contributed by atoms with Gasteiger partial charge < -0.3 is 9.80 Å². The van der Waals surface area contributed by atoms with Crippen LogP contribution in [0.1, 0.15) is 27.2 Å². The van der Waals surface area contributed by atoms with Crippen molar-refractivity contribution < 1.29 is 4.79 Å². The molecule has 0 rings (SSSR count). The average Bonchev–Trinajstić information content (AvgIpc) is 2.39. The van der Waals surface area contributed by atoms with Crippen molar-refractivity contribution in [3.8, 4) is 12.3 Å². The Balaban J connectivity index is 3.88. The lowest BCUT2D eigenvalue weighted by atomic mass is 10.3. The molecule has 0 aromatic rings. The summed E-state index contributed by atoms with van der Waals surface area (Å²) in [4.78, 5) is 16.1. The van der Waals surface area contributed by atoms with E-state index in [0.29, 0.717) is 13.1 Å². The fraction of sp³-hybridized carbons (Fsp3) is 0.786. The van der Waals surface area contributed by atoms with Gasteiger partial charge in [0.1, 0.15) is 0 Å². The molecule has 18 heavy (non-hydrogen) atoms. The van der Waals surface area contributed by atoms with Crippen LogP contribution < -0.4 is 5.32 Å². The lowest BCUT2D eigenvalue weighted by molar-refractivity contribution is -0.130. The van der Waals surface area contributed by atoms with Crippen molar-refractivity contribution in [2.45, 2.75) is 27.2 Å². The SMILES string of the molecule is C#CCNCC(=O)N(CC)CCCN(CC)CC. The standard InChI is InChI=1S/C14H27N3O/c1-5-10-15-13-14(18)17(8-4)12-9-11-16(6-2)7-3/h1,15H,6-13H2,2-4H3. The molecular weight excluding hydrogens is 226 g/mol. The number of hydrogen-bond acceptors (Lipinski definition) is 3. The Kier molecular flexibility index (Phi) is 10.4. The van der Waals surface area contributed by atoms with Crippen molar-refractivity contribution in [1.82, 2.24) is 15.1 Å². The Hall–Kier alpha value is -1.05. The zero-order valence-corrected chi connectivity index (χ0v) is 12.0. The first-order valence-corrected chi connectivity index (χ1v) is 6.83. The summed E-state index contributed by atoms with van der Waals surface area (Å²) >= 11 is 0. The Morgan fingerprint density at radius 1 is 1.17 bits per heavy atom. The van der Waals surface area contributed by atoms with Crippen LogP contribution in [-0.4, -0.2) is 61.5 Å². The van der Waals surface area contributed by atoms with E-state index in [1.54, 1.807) is 0 Å². The van der Waals surface area contributed by atoms with Gasteiger partial charge in [-0.15, -0.1) is 6.42 Å². The van der Waals surface area contributed by atoms with Crippen LogP contribution in [0.15, 0.2) is 0 Å². The largest absolute Gasteiger partial charge is 0.342 e. The molecule has 0 aliphatic rings. The number of hydrogen-bond donors (Lipinski definition) is 1. The quantitative estimate of drug-likeness (QED) is 0.462. The maximum Gasteiger partial charge on any atom is 0.236 e. The molecule has 1 N–H and O–H groups in total. The minimum absolute atomic E-state index is 0.132. The van der Waals surface area contributed by atoms with E-state index < -0.39 is 0 Å². The molecule has 0 aromatic heterocycles. The fourth-order valence-electron chi connectivity index (χ4n) is 1.84. The van der Waals surface area contributed by atoms with Crippen molar-refractivity contribution in [3.63, 3.8) is 0 Å². The second kappa shape index (κ2) is 11.1. The number of terminal acetylenes is 1. The number of carbonyl (C=O) groups excluding carboxylic acids is 1. The molecule has 0 aromatic carbocycles. The van der Waals surface area contributed by atoms with Crippen LogP contribution in [0.4, 0.5) is 0 Å². The Labute approximate surface area is 112 Å². The van der Waals surface area contributed by atoms with E-state index in [0.717, 1.165) is 39.1 Å². The second-order valence-electron chi connectivity index (χ2n) is 4.16. The van der Waals surface area contributed by atoms with Crippen LogP contribution in [0.5, 0.6) is 0 Å². The van der Waals surface area contributed by atoms with Crippen LogP contribution in [0.2, 0.25) is 0 Å². The van der Waals surface area contributed by atoms with Gasteiger partial charge in [-0.25, -0.2) is 0 Å². The summed E-state index contributed by atoms with van der Waals surface area (Å²) in [5, 5.41) is 2.93. The van der Waals surface area contributed by atoms with Gasteiger partial charge in [0.25, 0.3) is 0 Å². The van der Waals surface area contributed by atoms with Gasteiger partial charge in [0.2, 0.25) is 5.91 Å². The maximum atomic E-state index is 11.8. The summed E-state index contributed by atoms with van der Waals surface area (Å²) < 4.78 is 0. The van der Waals surface area contributed by atoms with Gasteiger partial charge in [-0.05, 0) is 33.0 Å². The third-order valence-electron chi connectivity index (χ3n) is 3.03. The Morgan fingerprint density at radius 3 is 2.33 bits per heavy atom. The average molecular weight is 253 g/mol. The third kappa shape index (κ3) is 7.31. The van der Waals surface area contributed by atoms with Gasteiger partial charge in [-0.3, -0.25) is 10.1 Å². The van der Waals surface area contributed by atoms with Crippen molar-refractivity contribution in [2.24, 2.45) is 0 Å². The molecule has 0 fully saturated rings. The molecule has 0 saturated heterocycles. The van der Waals surface area contributed by atoms with E-state index in [9.17, 15) is 4.79 Å². The van der Waals surface area contributed by atoms with Gasteiger partial charge in [0.05, 0.1) is 13.1 Å². The molecule has 4 nitrogen and oxygen atoms in total. The number of nitrogens with one attached hydrogen (secondary N) is 1. The molecule has 0 spiro atoms. The number of nitrogens with zero attached hydrogens (tertiary/aromatic N) is 2. The van der Waals surface area contributed by atoms with Gasteiger partial charge in [0, 0.05) is 13.1 Å². The summed E-state index contributed by atoms with van der Waals surface area (Å²) in [6.45, 7) is 11.9. The predicted molar refractivity (Wildman–Crippen MR) is 76.4 cm³/mol. The second-order valence-corrected chi connectivity index (χ2v) is 4.16. The van der Waals surface area contributed by atoms with Crippen molar-refractivity contribution in [2.75, 3.05) is 45.8 Å². The van der Waals surface area contributed by atoms with E-state index in [1.165, 1.54) is 0 Å². The molecule has 0 aliphatic carbocycles. The predicted octanol–water partition coefficient (Wildman–Crippen LogP) is 0.790. The van der Waals surface area contributed by atoms with Crippen LogP contribution in [0.25, 0.3) is 0 Å². The number of rotatable bonds is 10. The summed E-state index contributed by atoms with van der Waals surface area (Å²) in [7, 11) is 0.